The zero-order valence-corrected chi connectivity index (χ0v) is 16.3. The monoisotopic (exact) mass is 341 g/mol. The number of aryl methyl sites for hydroxylation is 1. The fourth-order valence-corrected chi connectivity index (χ4v) is 3.10. The van der Waals surface area contributed by atoms with Crippen LogP contribution in [-0.2, 0) is 11.3 Å². The summed E-state index contributed by atoms with van der Waals surface area (Å²) in [6.07, 6.45) is 0.574. The summed E-state index contributed by atoms with van der Waals surface area (Å²) < 4.78 is 5.32. The number of thiazole rings is 1. The number of carbonyl (C=O) groups is 1. The standard InChI is InChI=1S/C17H31N3O2S/c1-12(2)8-17(7,11-18-15(21)22-16(4,5)6)19-9-14-10-23-13(3)20-14/h10,12,19H,8-9,11H2,1-7H3,(H,18,21)/t17-/m1/s1. The minimum atomic E-state index is -0.482. The van der Waals surface area contributed by atoms with Gasteiger partial charge in [0.1, 0.15) is 5.60 Å². The number of rotatable bonds is 7. The van der Waals surface area contributed by atoms with Gasteiger partial charge in [-0.15, -0.1) is 11.3 Å². The average Bonchev–Trinajstić information content (AvgIpc) is 2.77. The number of nitrogens with one attached hydrogen (secondary N) is 2. The Morgan fingerprint density at radius 2 is 2.00 bits per heavy atom. The van der Waals surface area contributed by atoms with Crippen LogP contribution in [0.25, 0.3) is 0 Å². The molecule has 2 N–H and O–H groups in total. The average molecular weight is 342 g/mol. The van der Waals surface area contributed by atoms with Crippen LogP contribution in [0.5, 0.6) is 0 Å². The Kier molecular flexibility index (Phi) is 7.02. The highest BCUT2D eigenvalue weighted by Crippen LogP contribution is 2.18. The van der Waals surface area contributed by atoms with E-state index in [0.717, 1.165) is 17.1 Å². The predicted molar refractivity (Wildman–Crippen MR) is 95.8 cm³/mol. The van der Waals surface area contributed by atoms with Gasteiger partial charge in [0.2, 0.25) is 0 Å². The van der Waals surface area contributed by atoms with Gasteiger partial charge in [-0.3, -0.25) is 0 Å². The van der Waals surface area contributed by atoms with E-state index in [2.05, 4.69) is 41.8 Å². The van der Waals surface area contributed by atoms with Crippen LogP contribution in [0.4, 0.5) is 4.79 Å². The van der Waals surface area contributed by atoms with Gasteiger partial charge >= 0.3 is 6.09 Å². The van der Waals surface area contributed by atoms with Crippen molar-refractivity contribution in [2.45, 2.75) is 72.6 Å². The van der Waals surface area contributed by atoms with Gasteiger partial charge in [-0.2, -0.15) is 0 Å². The Bertz CT molecular complexity index is 508. The maximum atomic E-state index is 11.9. The number of nitrogens with zero attached hydrogens (tertiary/aromatic N) is 1. The van der Waals surface area contributed by atoms with Crippen molar-refractivity contribution in [1.29, 1.82) is 0 Å². The van der Waals surface area contributed by atoms with Gasteiger partial charge in [0.05, 0.1) is 10.7 Å². The first-order valence-electron chi connectivity index (χ1n) is 8.12. The molecule has 0 saturated heterocycles. The van der Waals surface area contributed by atoms with E-state index in [4.69, 9.17) is 4.74 Å². The summed E-state index contributed by atoms with van der Waals surface area (Å²) in [6, 6.07) is 0. The molecule has 6 heteroatoms. The third kappa shape index (κ3) is 8.32. The number of aromatic nitrogens is 1. The summed E-state index contributed by atoms with van der Waals surface area (Å²) in [5, 5.41) is 9.57. The largest absolute Gasteiger partial charge is 0.444 e. The van der Waals surface area contributed by atoms with Crippen molar-refractivity contribution in [3.63, 3.8) is 0 Å². The molecule has 0 aromatic carbocycles. The molecule has 1 amide bonds. The summed E-state index contributed by atoms with van der Waals surface area (Å²) in [5.74, 6) is 0.519. The highest BCUT2D eigenvalue weighted by atomic mass is 32.1. The third-order valence-electron chi connectivity index (χ3n) is 3.24. The molecular weight excluding hydrogens is 310 g/mol. The lowest BCUT2D eigenvalue weighted by atomic mass is 9.90. The second-order valence-electron chi connectivity index (χ2n) is 7.73. The molecule has 1 aromatic rings. The molecule has 0 unspecified atom stereocenters. The number of alkyl carbamates (subject to hydrolysis) is 1. The minimum Gasteiger partial charge on any atom is -0.444 e. The highest BCUT2D eigenvalue weighted by Gasteiger charge is 2.27. The Balaban J connectivity index is 2.60. The summed E-state index contributed by atoms with van der Waals surface area (Å²) >= 11 is 1.65. The fourth-order valence-electron chi connectivity index (χ4n) is 2.48. The van der Waals surface area contributed by atoms with E-state index in [1.54, 1.807) is 11.3 Å². The van der Waals surface area contributed by atoms with E-state index in [1.165, 1.54) is 0 Å². The van der Waals surface area contributed by atoms with Crippen molar-refractivity contribution in [3.05, 3.63) is 16.1 Å². The SMILES string of the molecule is Cc1nc(CN[C@@](C)(CNC(=O)OC(C)(C)C)CC(C)C)cs1. The molecule has 23 heavy (non-hydrogen) atoms. The van der Waals surface area contributed by atoms with Gasteiger partial charge in [-0.25, -0.2) is 9.78 Å². The van der Waals surface area contributed by atoms with Crippen LogP contribution < -0.4 is 10.6 Å². The molecular formula is C17H31N3O2S. The fraction of sp³-hybridized carbons (Fsp3) is 0.765. The van der Waals surface area contributed by atoms with E-state index >= 15 is 0 Å². The van der Waals surface area contributed by atoms with Crippen LogP contribution in [0.1, 0.15) is 58.7 Å². The molecule has 0 spiro atoms. The van der Waals surface area contributed by atoms with Gasteiger partial charge in [-0.05, 0) is 47.0 Å². The van der Waals surface area contributed by atoms with E-state index in [-0.39, 0.29) is 11.6 Å². The molecule has 0 aliphatic heterocycles. The molecule has 1 rings (SSSR count). The lowest BCUT2D eigenvalue weighted by Crippen LogP contribution is -2.52. The second kappa shape index (κ2) is 8.11. The van der Waals surface area contributed by atoms with Gasteiger partial charge in [0.15, 0.2) is 0 Å². The maximum absolute atomic E-state index is 11.9. The molecule has 5 nitrogen and oxygen atoms in total. The number of amides is 1. The number of hydrogen-bond donors (Lipinski definition) is 2. The molecule has 0 fully saturated rings. The van der Waals surface area contributed by atoms with Gasteiger partial charge < -0.3 is 15.4 Å². The Hall–Kier alpha value is -1.14. The van der Waals surface area contributed by atoms with Crippen molar-refractivity contribution in [2.75, 3.05) is 6.54 Å². The molecule has 1 aromatic heterocycles. The van der Waals surface area contributed by atoms with Crippen LogP contribution >= 0.6 is 11.3 Å². The van der Waals surface area contributed by atoms with E-state index in [0.29, 0.717) is 19.0 Å². The number of carbonyl (C=O) groups excluding carboxylic acids is 1. The molecule has 1 heterocycles. The predicted octanol–water partition coefficient (Wildman–Crippen LogP) is 3.87. The number of ether oxygens (including phenoxy) is 1. The van der Waals surface area contributed by atoms with Crippen LogP contribution in [0.15, 0.2) is 5.38 Å². The van der Waals surface area contributed by atoms with Crippen molar-refractivity contribution < 1.29 is 9.53 Å². The topological polar surface area (TPSA) is 63.2 Å². The zero-order chi connectivity index (χ0) is 17.7. The number of hydrogen-bond acceptors (Lipinski definition) is 5. The first-order chi connectivity index (χ1) is 10.5. The van der Waals surface area contributed by atoms with Crippen LogP contribution in [0, 0.1) is 12.8 Å². The minimum absolute atomic E-state index is 0.206. The summed E-state index contributed by atoms with van der Waals surface area (Å²) in [5.41, 5.74) is 0.354. The van der Waals surface area contributed by atoms with Gasteiger partial charge in [0, 0.05) is 24.0 Å². The molecule has 0 saturated carbocycles. The van der Waals surface area contributed by atoms with Crippen LogP contribution in [0.3, 0.4) is 0 Å². The van der Waals surface area contributed by atoms with Crippen LogP contribution in [-0.4, -0.2) is 28.8 Å². The molecule has 0 aliphatic carbocycles. The third-order valence-corrected chi connectivity index (χ3v) is 4.07. The molecule has 0 aliphatic rings. The van der Waals surface area contributed by atoms with E-state index < -0.39 is 5.60 Å². The van der Waals surface area contributed by atoms with Gasteiger partial charge in [0.25, 0.3) is 0 Å². The highest BCUT2D eigenvalue weighted by molar-refractivity contribution is 7.09. The first kappa shape index (κ1) is 19.9. The Morgan fingerprint density at radius 1 is 1.35 bits per heavy atom. The summed E-state index contributed by atoms with van der Waals surface area (Å²) in [4.78, 5) is 16.4. The van der Waals surface area contributed by atoms with E-state index in [1.807, 2.05) is 27.7 Å². The van der Waals surface area contributed by atoms with E-state index in [9.17, 15) is 4.79 Å². The Labute approximate surface area is 144 Å². The molecule has 132 valence electrons. The quantitative estimate of drug-likeness (QED) is 0.790. The van der Waals surface area contributed by atoms with Crippen molar-refractivity contribution in [2.24, 2.45) is 5.92 Å². The maximum Gasteiger partial charge on any atom is 0.407 e. The molecule has 0 radical (unpaired) electrons. The van der Waals surface area contributed by atoms with Crippen LogP contribution in [0.2, 0.25) is 0 Å². The summed E-state index contributed by atoms with van der Waals surface area (Å²) in [7, 11) is 0. The smallest absolute Gasteiger partial charge is 0.407 e. The van der Waals surface area contributed by atoms with Crippen molar-refractivity contribution >= 4 is 17.4 Å². The normalized spacial score (nSPS) is 14.6. The molecule has 1 atom stereocenters. The van der Waals surface area contributed by atoms with Gasteiger partial charge in [-0.1, -0.05) is 13.8 Å². The lowest BCUT2D eigenvalue weighted by Gasteiger charge is -2.33. The Morgan fingerprint density at radius 3 is 2.48 bits per heavy atom. The second-order valence-corrected chi connectivity index (χ2v) is 8.79. The zero-order valence-electron chi connectivity index (χ0n) is 15.4. The molecule has 0 bridgehead atoms. The van der Waals surface area contributed by atoms with Crippen molar-refractivity contribution in [1.82, 2.24) is 15.6 Å². The lowest BCUT2D eigenvalue weighted by molar-refractivity contribution is 0.0507. The first-order valence-corrected chi connectivity index (χ1v) is 9.00. The summed E-state index contributed by atoms with van der Waals surface area (Å²) in [6.45, 7) is 15.3. The van der Waals surface area contributed by atoms with Crippen molar-refractivity contribution in [3.8, 4) is 0 Å².